The fraction of sp³-hybridized carbons (Fsp3) is 0.304. The van der Waals surface area contributed by atoms with Crippen LogP contribution in [0.15, 0.2) is 59.7 Å². The van der Waals surface area contributed by atoms with Crippen molar-refractivity contribution in [3.05, 3.63) is 71.0 Å². The zero-order chi connectivity index (χ0) is 22.7. The maximum absolute atomic E-state index is 13.9. The van der Waals surface area contributed by atoms with Crippen LogP contribution in [0.1, 0.15) is 12.8 Å². The lowest BCUT2D eigenvalue weighted by Crippen LogP contribution is -2.41. The smallest absolute Gasteiger partial charge is 0.328 e. The molecule has 0 radical (unpaired) electrons. The molecule has 2 aromatic carbocycles. The highest BCUT2D eigenvalue weighted by Gasteiger charge is 2.41. The maximum atomic E-state index is 13.9. The summed E-state index contributed by atoms with van der Waals surface area (Å²) in [5.74, 6) is -1.36. The summed E-state index contributed by atoms with van der Waals surface area (Å²) in [6, 6.07) is 12.1. The Morgan fingerprint density at radius 3 is 2.69 bits per heavy atom. The number of methoxy groups -OCH3 is 1. The van der Waals surface area contributed by atoms with Crippen molar-refractivity contribution in [2.45, 2.75) is 31.5 Å². The van der Waals surface area contributed by atoms with Gasteiger partial charge in [0.1, 0.15) is 12.1 Å². The molecular weight excluding hydrogens is 417 g/mol. The number of likely N-dealkylation sites (tertiary alicyclic amines) is 1. The molecule has 1 fully saturated rings. The van der Waals surface area contributed by atoms with Crippen LogP contribution in [-0.2, 0) is 20.9 Å². The van der Waals surface area contributed by atoms with Gasteiger partial charge < -0.3 is 14.4 Å². The van der Waals surface area contributed by atoms with Gasteiger partial charge in [0.15, 0.2) is 11.6 Å². The van der Waals surface area contributed by atoms with E-state index < -0.39 is 23.9 Å². The summed E-state index contributed by atoms with van der Waals surface area (Å²) in [5.41, 5.74) is 0.341. The van der Waals surface area contributed by atoms with Gasteiger partial charge >= 0.3 is 5.97 Å². The summed E-state index contributed by atoms with van der Waals surface area (Å²) in [6.07, 6.45) is 1.01. The molecule has 1 aliphatic heterocycles. The third kappa shape index (κ3) is 4.32. The molecule has 2 heterocycles. The Morgan fingerprint density at radius 1 is 1.16 bits per heavy atom. The Bertz CT molecular complexity index is 1210. The largest absolute Gasteiger partial charge is 0.485 e. The predicted molar refractivity (Wildman–Crippen MR) is 114 cm³/mol. The Morgan fingerprint density at radius 2 is 1.91 bits per heavy atom. The zero-order valence-electron chi connectivity index (χ0n) is 17.4. The van der Waals surface area contributed by atoms with Gasteiger partial charge in [-0.25, -0.2) is 14.2 Å². The topological polar surface area (TPSA) is 90.7 Å². The number of hydrogen-bond donors (Lipinski definition) is 0. The summed E-state index contributed by atoms with van der Waals surface area (Å²) < 4.78 is 25.9. The molecule has 0 aliphatic carbocycles. The molecule has 8 nitrogen and oxygen atoms in total. The Hall–Kier alpha value is -3.75. The van der Waals surface area contributed by atoms with Crippen LogP contribution >= 0.6 is 0 Å². The van der Waals surface area contributed by atoms with Gasteiger partial charge in [-0.2, -0.15) is 0 Å². The van der Waals surface area contributed by atoms with Crippen molar-refractivity contribution < 1.29 is 23.5 Å². The second kappa shape index (κ2) is 9.17. The number of aromatic nitrogens is 2. The number of ether oxygens (including phenoxy) is 2. The van der Waals surface area contributed by atoms with E-state index in [-0.39, 0.29) is 43.1 Å². The van der Waals surface area contributed by atoms with E-state index >= 15 is 0 Å². The van der Waals surface area contributed by atoms with Crippen molar-refractivity contribution in [2.75, 3.05) is 13.7 Å². The van der Waals surface area contributed by atoms with E-state index in [1.165, 1.54) is 35.0 Å². The van der Waals surface area contributed by atoms with E-state index in [0.717, 1.165) is 0 Å². The second-order valence-electron chi connectivity index (χ2n) is 7.50. The molecule has 0 bridgehead atoms. The molecule has 3 aromatic rings. The summed E-state index contributed by atoms with van der Waals surface area (Å²) >= 11 is 0. The number of esters is 1. The lowest BCUT2D eigenvalue weighted by Gasteiger charge is -2.22. The summed E-state index contributed by atoms with van der Waals surface area (Å²) in [6.45, 7) is 0.219. The molecule has 4 rings (SSSR count). The molecule has 1 aliphatic rings. The average Bonchev–Trinajstić information content (AvgIpc) is 3.23. The van der Waals surface area contributed by atoms with Gasteiger partial charge in [-0.3, -0.25) is 14.2 Å². The van der Waals surface area contributed by atoms with Crippen molar-refractivity contribution in [3.63, 3.8) is 0 Å². The van der Waals surface area contributed by atoms with Crippen molar-refractivity contribution in [2.24, 2.45) is 0 Å². The highest BCUT2D eigenvalue weighted by molar-refractivity contribution is 5.85. The third-order valence-electron chi connectivity index (χ3n) is 5.48. The van der Waals surface area contributed by atoms with Crippen LogP contribution in [0.2, 0.25) is 0 Å². The number of fused-ring (bicyclic) bond motifs is 1. The average molecular weight is 439 g/mol. The summed E-state index contributed by atoms with van der Waals surface area (Å²) in [7, 11) is 1.25. The fourth-order valence-electron chi connectivity index (χ4n) is 3.86. The monoisotopic (exact) mass is 439 g/mol. The molecule has 32 heavy (non-hydrogen) atoms. The Kier molecular flexibility index (Phi) is 6.16. The van der Waals surface area contributed by atoms with Crippen LogP contribution in [0, 0.1) is 5.82 Å². The number of carbonyl (C=O) groups is 2. The van der Waals surface area contributed by atoms with Crippen LogP contribution in [0.4, 0.5) is 4.39 Å². The van der Waals surface area contributed by atoms with E-state index in [0.29, 0.717) is 10.9 Å². The fourth-order valence-corrected chi connectivity index (χ4v) is 3.86. The van der Waals surface area contributed by atoms with Crippen LogP contribution in [-0.4, -0.2) is 52.1 Å². The molecule has 0 N–H and O–H groups in total. The SMILES string of the molecule is COC(=O)C1CC(Oc2ccccc2F)CN1C(=O)CCn1cnc2ccccc2c1=O. The molecule has 1 saturated heterocycles. The van der Waals surface area contributed by atoms with E-state index in [1.807, 2.05) is 0 Å². The van der Waals surface area contributed by atoms with Crippen LogP contribution < -0.4 is 10.3 Å². The molecule has 9 heteroatoms. The van der Waals surface area contributed by atoms with Gasteiger partial charge in [0.2, 0.25) is 5.91 Å². The third-order valence-corrected chi connectivity index (χ3v) is 5.48. The van der Waals surface area contributed by atoms with Crippen molar-refractivity contribution in [1.82, 2.24) is 14.5 Å². The van der Waals surface area contributed by atoms with Gasteiger partial charge in [0.25, 0.3) is 5.56 Å². The Balaban J connectivity index is 1.47. The molecule has 2 unspecified atom stereocenters. The zero-order valence-corrected chi connectivity index (χ0v) is 17.4. The number of halogens is 1. The first-order valence-electron chi connectivity index (χ1n) is 10.2. The minimum atomic E-state index is -0.837. The van der Waals surface area contributed by atoms with Gasteiger partial charge in [0, 0.05) is 19.4 Å². The van der Waals surface area contributed by atoms with Gasteiger partial charge in [-0.1, -0.05) is 24.3 Å². The summed E-state index contributed by atoms with van der Waals surface area (Å²) in [4.78, 5) is 43.5. The van der Waals surface area contributed by atoms with Crippen LogP contribution in [0.3, 0.4) is 0 Å². The van der Waals surface area contributed by atoms with E-state index in [4.69, 9.17) is 9.47 Å². The molecular formula is C23H22FN3O5. The van der Waals surface area contributed by atoms with Crippen molar-refractivity contribution >= 4 is 22.8 Å². The minimum absolute atomic E-state index is 0.0140. The van der Waals surface area contributed by atoms with Gasteiger partial charge in [-0.05, 0) is 24.3 Å². The van der Waals surface area contributed by atoms with E-state index in [9.17, 15) is 18.8 Å². The first-order chi connectivity index (χ1) is 15.5. The molecule has 1 aromatic heterocycles. The number of aryl methyl sites for hydroxylation is 1. The summed E-state index contributed by atoms with van der Waals surface area (Å²) in [5, 5.41) is 0.467. The minimum Gasteiger partial charge on any atom is -0.485 e. The predicted octanol–water partition coefficient (Wildman–Crippen LogP) is 2.15. The number of rotatable bonds is 6. The number of hydrogen-bond acceptors (Lipinski definition) is 6. The highest BCUT2D eigenvalue weighted by atomic mass is 19.1. The molecule has 1 amide bonds. The first-order valence-corrected chi connectivity index (χ1v) is 10.2. The van der Waals surface area contributed by atoms with Crippen molar-refractivity contribution in [3.8, 4) is 5.75 Å². The van der Waals surface area contributed by atoms with Crippen molar-refractivity contribution in [1.29, 1.82) is 0 Å². The van der Waals surface area contributed by atoms with E-state index in [2.05, 4.69) is 4.98 Å². The Labute approximate surface area is 183 Å². The first kappa shape index (κ1) is 21.5. The number of carbonyl (C=O) groups excluding carboxylic acids is 2. The molecule has 2 atom stereocenters. The number of amides is 1. The second-order valence-corrected chi connectivity index (χ2v) is 7.50. The van der Waals surface area contributed by atoms with Gasteiger partial charge in [0.05, 0.1) is 30.9 Å². The molecule has 166 valence electrons. The van der Waals surface area contributed by atoms with E-state index in [1.54, 1.807) is 36.4 Å². The molecule has 0 spiro atoms. The maximum Gasteiger partial charge on any atom is 0.328 e. The number of benzene rings is 2. The lowest BCUT2D eigenvalue weighted by molar-refractivity contribution is -0.151. The van der Waals surface area contributed by atoms with Gasteiger partial charge in [-0.15, -0.1) is 0 Å². The standard InChI is InChI=1S/C23H22FN3O5/c1-31-23(30)19-12-15(32-20-9-5-3-7-17(20)24)13-27(19)21(28)10-11-26-14-25-18-8-4-2-6-16(18)22(26)29/h2-9,14-15,19H,10-13H2,1H3. The highest BCUT2D eigenvalue weighted by Crippen LogP contribution is 2.26. The number of nitrogens with zero attached hydrogens (tertiary/aromatic N) is 3. The lowest BCUT2D eigenvalue weighted by atomic mass is 10.2. The quantitative estimate of drug-likeness (QED) is 0.547. The van der Waals surface area contributed by atoms with Crippen LogP contribution in [0.5, 0.6) is 5.75 Å². The normalized spacial score (nSPS) is 18.0. The number of para-hydroxylation sites is 2. The molecule has 0 saturated carbocycles. The van der Waals surface area contributed by atoms with Crippen LogP contribution in [0.25, 0.3) is 10.9 Å².